The summed E-state index contributed by atoms with van der Waals surface area (Å²) in [7, 11) is 0. The van der Waals surface area contributed by atoms with Gasteiger partial charge in [0.25, 0.3) is 0 Å². The number of fused-ring (bicyclic) bond motifs is 1. The second-order valence-electron chi connectivity index (χ2n) is 2.88. The molecule has 0 N–H and O–H groups in total. The van der Waals surface area contributed by atoms with Gasteiger partial charge in [0.15, 0.2) is 4.34 Å². The van der Waals surface area contributed by atoms with Crippen LogP contribution < -0.4 is 0 Å². The maximum absolute atomic E-state index is 4.53. The van der Waals surface area contributed by atoms with Crippen molar-refractivity contribution in [3.8, 4) is 0 Å². The lowest BCUT2D eigenvalue weighted by Gasteiger charge is -1.88. The number of aromatic nitrogens is 1. The van der Waals surface area contributed by atoms with Gasteiger partial charge >= 0.3 is 0 Å². The molecule has 68 valence electrons. The summed E-state index contributed by atoms with van der Waals surface area (Å²) in [5.41, 5.74) is 2.44. The molecule has 0 saturated heterocycles. The summed E-state index contributed by atoms with van der Waals surface area (Å²) < 4.78 is 2.49. The number of benzene rings is 1. The van der Waals surface area contributed by atoms with E-state index in [9.17, 15) is 0 Å². The number of thiazole rings is 1. The number of thioether (sulfide) groups is 1. The van der Waals surface area contributed by atoms with E-state index in [1.807, 2.05) is 11.8 Å². The van der Waals surface area contributed by atoms with E-state index in [4.69, 9.17) is 0 Å². The third kappa shape index (κ3) is 1.86. The molecule has 0 radical (unpaired) electrons. The SMILES string of the molecule is CCSc1nc2ccc(C)cc2s1. The molecule has 1 nitrogen and oxygen atoms in total. The first kappa shape index (κ1) is 9.03. The highest BCUT2D eigenvalue weighted by Gasteiger charge is 2.02. The number of nitrogens with zero attached hydrogens (tertiary/aromatic N) is 1. The summed E-state index contributed by atoms with van der Waals surface area (Å²) in [4.78, 5) is 4.53. The zero-order valence-corrected chi connectivity index (χ0v) is 9.34. The molecule has 0 spiro atoms. The highest BCUT2D eigenvalue weighted by Crippen LogP contribution is 2.29. The van der Waals surface area contributed by atoms with Crippen molar-refractivity contribution < 1.29 is 0 Å². The van der Waals surface area contributed by atoms with Crippen molar-refractivity contribution >= 4 is 33.3 Å². The summed E-state index contributed by atoms with van der Waals surface area (Å²) in [5.74, 6) is 1.10. The smallest absolute Gasteiger partial charge is 0.151 e. The molecule has 0 fully saturated rings. The normalized spacial score (nSPS) is 10.9. The summed E-state index contributed by atoms with van der Waals surface area (Å²) in [6.45, 7) is 4.27. The molecular formula is C10H11NS2. The van der Waals surface area contributed by atoms with Crippen LogP contribution in [0.15, 0.2) is 22.5 Å². The Bertz CT molecular complexity index is 420. The van der Waals surface area contributed by atoms with Crippen molar-refractivity contribution in [1.29, 1.82) is 0 Å². The second-order valence-corrected chi connectivity index (χ2v) is 5.43. The summed E-state index contributed by atoms with van der Waals surface area (Å²) in [6.07, 6.45) is 0. The topological polar surface area (TPSA) is 12.9 Å². The average Bonchev–Trinajstić information content (AvgIpc) is 2.46. The van der Waals surface area contributed by atoms with Gasteiger partial charge in [-0.05, 0) is 30.4 Å². The maximum atomic E-state index is 4.53. The molecule has 1 heterocycles. The van der Waals surface area contributed by atoms with Crippen molar-refractivity contribution in [1.82, 2.24) is 4.98 Å². The van der Waals surface area contributed by atoms with E-state index in [-0.39, 0.29) is 0 Å². The zero-order chi connectivity index (χ0) is 9.26. The highest BCUT2D eigenvalue weighted by molar-refractivity contribution is 8.01. The third-order valence-electron chi connectivity index (χ3n) is 1.79. The Labute approximate surface area is 86.2 Å². The molecule has 0 unspecified atom stereocenters. The van der Waals surface area contributed by atoms with Crippen LogP contribution in [-0.4, -0.2) is 10.7 Å². The maximum Gasteiger partial charge on any atom is 0.151 e. The minimum Gasteiger partial charge on any atom is -0.230 e. The van der Waals surface area contributed by atoms with Crippen LogP contribution in [0, 0.1) is 6.92 Å². The van der Waals surface area contributed by atoms with Crippen molar-refractivity contribution in [2.75, 3.05) is 5.75 Å². The predicted octanol–water partition coefficient (Wildman–Crippen LogP) is 3.72. The third-order valence-corrected chi connectivity index (χ3v) is 3.84. The fourth-order valence-electron chi connectivity index (χ4n) is 1.20. The van der Waals surface area contributed by atoms with E-state index >= 15 is 0 Å². The molecule has 0 aliphatic heterocycles. The zero-order valence-electron chi connectivity index (χ0n) is 7.70. The molecule has 13 heavy (non-hydrogen) atoms. The Morgan fingerprint density at radius 1 is 1.46 bits per heavy atom. The lowest BCUT2D eigenvalue weighted by molar-refractivity contribution is 1.29. The first-order chi connectivity index (χ1) is 6.29. The summed E-state index contributed by atoms with van der Waals surface area (Å²) in [5, 5.41) is 0. The standard InChI is InChI=1S/C10H11NS2/c1-3-12-10-11-8-5-4-7(2)6-9(8)13-10/h4-6H,3H2,1-2H3. The molecule has 3 heteroatoms. The molecule has 0 aliphatic carbocycles. The van der Waals surface area contributed by atoms with Crippen molar-refractivity contribution in [2.24, 2.45) is 0 Å². The van der Waals surface area contributed by atoms with E-state index < -0.39 is 0 Å². The van der Waals surface area contributed by atoms with E-state index in [1.165, 1.54) is 14.6 Å². The van der Waals surface area contributed by atoms with Crippen molar-refractivity contribution in [2.45, 2.75) is 18.2 Å². The van der Waals surface area contributed by atoms with Crippen LogP contribution in [0.1, 0.15) is 12.5 Å². The van der Waals surface area contributed by atoms with Crippen LogP contribution in [0.4, 0.5) is 0 Å². The van der Waals surface area contributed by atoms with Gasteiger partial charge in [0, 0.05) is 0 Å². The Kier molecular flexibility index (Phi) is 2.56. The number of rotatable bonds is 2. The van der Waals surface area contributed by atoms with Crippen molar-refractivity contribution in [3.05, 3.63) is 23.8 Å². The quantitative estimate of drug-likeness (QED) is 0.699. The molecule has 1 aromatic heterocycles. The van der Waals surface area contributed by atoms with Gasteiger partial charge in [0.2, 0.25) is 0 Å². The fourth-order valence-corrected chi connectivity index (χ4v) is 3.26. The van der Waals surface area contributed by atoms with Gasteiger partial charge < -0.3 is 0 Å². The van der Waals surface area contributed by atoms with E-state index in [1.54, 1.807) is 11.3 Å². The van der Waals surface area contributed by atoms with Gasteiger partial charge in [-0.15, -0.1) is 11.3 Å². The highest BCUT2D eigenvalue weighted by atomic mass is 32.2. The van der Waals surface area contributed by atoms with Crippen LogP contribution in [0.5, 0.6) is 0 Å². The number of hydrogen-bond donors (Lipinski definition) is 0. The fraction of sp³-hybridized carbons (Fsp3) is 0.300. The van der Waals surface area contributed by atoms with Crippen LogP contribution >= 0.6 is 23.1 Å². The largest absolute Gasteiger partial charge is 0.230 e. The Balaban J connectivity index is 2.49. The lowest BCUT2D eigenvalue weighted by Crippen LogP contribution is -1.71. The van der Waals surface area contributed by atoms with Gasteiger partial charge in [0.05, 0.1) is 10.2 Å². The molecule has 0 aliphatic rings. The second kappa shape index (κ2) is 3.68. The van der Waals surface area contributed by atoms with Crippen molar-refractivity contribution in [3.63, 3.8) is 0 Å². The molecule has 0 saturated carbocycles. The minimum absolute atomic E-state index is 1.10. The molecule has 0 bridgehead atoms. The predicted molar refractivity (Wildman–Crippen MR) is 60.8 cm³/mol. The van der Waals surface area contributed by atoms with Gasteiger partial charge in [-0.3, -0.25) is 0 Å². The van der Waals surface area contributed by atoms with Gasteiger partial charge in [-0.25, -0.2) is 4.98 Å². The molecule has 0 amide bonds. The Morgan fingerprint density at radius 3 is 3.08 bits per heavy atom. The molecule has 0 atom stereocenters. The average molecular weight is 209 g/mol. The van der Waals surface area contributed by atoms with Crippen LogP contribution in [0.2, 0.25) is 0 Å². The minimum atomic E-state index is 1.10. The Morgan fingerprint density at radius 2 is 2.31 bits per heavy atom. The molecule has 2 aromatic rings. The molecule has 2 rings (SSSR count). The molecular weight excluding hydrogens is 198 g/mol. The first-order valence-electron chi connectivity index (χ1n) is 4.29. The van der Waals surface area contributed by atoms with Crippen LogP contribution in [0.25, 0.3) is 10.2 Å². The number of hydrogen-bond acceptors (Lipinski definition) is 3. The van der Waals surface area contributed by atoms with E-state index in [0.29, 0.717) is 0 Å². The molecule has 1 aromatic carbocycles. The van der Waals surface area contributed by atoms with Gasteiger partial charge in [-0.2, -0.15) is 0 Å². The van der Waals surface area contributed by atoms with Crippen LogP contribution in [0.3, 0.4) is 0 Å². The summed E-state index contributed by atoms with van der Waals surface area (Å²) >= 11 is 3.60. The monoisotopic (exact) mass is 209 g/mol. The Hall–Kier alpha value is -0.540. The lowest BCUT2D eigenvalue weighted by atomic mass is 10.2. The van der Waals surface area contributed by atoms with Gasteiger partial charge in [-0.1, -0.05) is 24.8 Å². The van der Waals surface area contributed by atoms with Gasteiger partial charge in [0.1, 0.15) is 0 Å². The first-order valence-corrected chi connectivity index (χ1v) is 6.10. The van der Waals surface area contributed by atoms with Crippen LogP contribution in [-0.2, 0) is 0 Å². The van der Waals surface area contributed by atoms with E-state index in [2.05, 4.69) is 37.0 Å². The summed E-state index contributed by atoms with van der Waals surface area (Å²) in [6, 6.07) is 6.41. The number of aryl methyl sites for hydroxylation is 1. The van der Waals surface area contributed by atoms with E-state index in [0.717, 1.165) is 11.3 Å².